The van der Waals surface area contributed by atoms with Crippen molar-refractivity contribution in [1.29, 1.82) is 0 Å². The minimum Gasteiger partial charge on any atom is -0.396 e. The van der Waals surface area contributed by atoms with Crippen molar-refractivity contribution in [3.63, 3.8) is 0 Å². The molecule has 4 heteroatoms. The van der Waals surface area contributed by atoms with Crippen LogP contribution in [0, 0.1) is 0 Å². The van der Waals surface area contributed by atoms with Crippen molar-refractivity contribution in [2.24, 2.45) is 0 Å². The fourth-order valence-electron chi connectivity index (χ4n) is 2.86. The lowest BCUT2D eigenvalue weighted by atomic mass is 10.1. The molecule has 19 heavy (non-hydrogen) atoms. The molecule has 1 N–H and O–H groups in total. The lowest BCUT2D eigenvalue weighted by Crippen LogP contribution is -2.29. The van der Waals surface area contributed by atoms with E-state index >= 15 is 0 Å². The second kappa shape index (κ2) is 7.06. The molecule has 4 nitrogen and oxygen atoms in total. The number of likely N-dealkylation sites (tertiary alicyclic amines) is 1. The van der Waals surface area contributed by atoms with Gasteiger partial charge in [0, 0.05) is 31.4 Å². The van der Waals surface area contributed by atoms with E-state index in [0.29, 0.717) is 18.7 Å². The van der Waals surface area contributed by atoms with Gasteiger partial charge < -0.3 is 5.11 Å². The molecule has 0 saturated carbocycles. The molecule has 2 atom stereocenters. The first-order valence-electron chi connectivity index (χ1n) is 7.63. The average molecular weight is 265 g/mol. The smallest absolute Gasteiger partial charge is 0.0764 e. The van der Waals surface area contributed by atoms with E-state index in [1.165, 1.54) is 25.1 Å². The lowest BCUT2D eigenvalue weighted by Gasteiger charge is -2.23. The zero-order valence-corrected chi connectivity index (χ0v) is 12.3. The molecule has 108 valence electrons. The summed E-state index contributed by atoms with van der Waals surface area (Å²) in [4.78, 5) is 2.53. The van der Waals surface area contributed by atoms with Gasteiger partial charge in [0.25, 0.3) is 0 Å². The molecule has 1 aromatic heterocycles. The van der Waals surface area contributed by atoms with Crippen LogP contribution in [-0.2, 0) is 6.54 Å². The summed E-state index contributed by atoms with van der Waals surface area (Å²) < 4.78 is 2.08. The summed E-state index contributed by atoms with van der Waals surface area (Å²) in [6, 6.07) is 3.27. The first kappa shape index (κ1) is 14.5. The van der Waals surface area contributed by atoms with Crippen LogP contribution in [-0.4, -0.2) is 39.0 Å². The van der Waals surface area contributed by atoms with E-state index in [2.05, 4.69) is 40.8 Å². The Balaban J connectivity index is 1.90. The maximum Gasteiger partial charge on any atom is 0.0764 e. The van der Waals surface area contributed by atoms with Gasteiger partial charge in [0.05, 0.1) is 5.69 Å². The molecule has 1 saturated heterocycles. The van der Waals surface area contributed by atoms with Gasteiger partial charge in [-0.2, -0.15) is 5.10 Å². The average Bonchev–Trinajstić information content (AvgIpc) is 3.05. The van der Waals surface area contributed by atoms with Crippen LogP contribution in [0.4, 0.5) is 0 Å². The molecule has 0 aromatic carbocycles. The van der Waals surface area contributed by atoms with Gasteiger partial charge >= 0.3 is 0 Å². The molecule has 0 spiro atoms. The number of aliphatic hydroxyl groups is 1. The van der Waals surface area contributed by atoms with Crippen LogP contribution >= 0.6 is 0 Å². The highest BCUT2D eigenvalue weighted by atomic mass is 16.2. The quantitative estimate of drug-likeness (QED) is 0.824. The number of hydrogen-bond acceptors (Lipinski definition) is 3. The van der Waals surface area contributed by atoms with Crippen LogP contribution in [0.25, 0.3) is 0 Å². The van der Waals surface area contributed by atoms with Gasteiger partial charge in [-0.25, -0.2) is 0 Å². The van der Waals surface area contributed by atoms with Gasteiger partial charge in [0.15, 0.2) is 0 Å². The number of rotatable bonds is 7. The molecule has 1 fully saturated rings. The zero-order valence-electron chi connectivity index (χ0n) is 12.3. The maximum atomic E-state index is 8.96. The van der Waals surface area contributed by atoms with Crippen molar-refractivity contribution >= 4 is 0 Å². The van der Waals surface area contributed by atoms with Crippen molar-refractivity contribution in [3.8, 4) is 0 Å². The second-order valence-corrected chi connectivity index (χ2v) is 5.68. The maximum absolute atomic E-state index is 8.96. The van der Waals surface area contributed by atoms with Gasteiger partial charge in [-0.15, -0.1) is 0 Å². The SMILES string of the molecule is CCC(C)n1ccc(CN2CCCC2CCCO)n1. The molecule has 0 bridgehead atoms. The Labute approximate surface area is 116 Å². The largest absolute Gasteiger partial charge is 0.396 e. The molecule has 2 rings (SSSR count). The Morgan fingerprint density at radius 1 is 1.53 bits per heavy atom. The highest BCUT2D eigenvalue weighted by Gasteiger charge is 2.24. The summed E-state index contributed by atoms with van der Waals surface area (Å²) >= 11 is 0. The third-order valence-corrected chi connectivity index (χ3v) is 4.27. The number of aromatic nitrogens is 2. The minimum atomic E-state index is 0.312. The minimum absolute atomic E-state index is 0.312. The molecule has 1 aliphatic heterocycles. The lowest BCUT2D eigenvalue weighted by molar-refractivity contribution is 0.207. The Morgan fingerprint density at radius 2 is 2.37 bits per heavy atom. The third-order valence-electron chi connectivity index (χ3n) is 4.27. The predicted octanol–water partition coefficient (Wildman–Crippen LogP) is 2.59. The van der Waals surface area contributed by atoms with Crippen molar-refractivity contribution in [2.45, 2.75) is 64.6 Å². The van der Waals surface area contributed by atoms with Gasteiger partial charge in [-0.05, 0) is 51.6 Å². The molecule has 0 radical (unpaired) electrons. The van der Waals surface area contributed by atoms with Gasteiger partial charge in [-0.3, -0.25) is 9.58 Å². The molecule has 2 heterocycles. The van der Waals surface area contributed by atoms with Crippen LogP contribution < -0.4 is 0 Å². The summed E-state index contributed by atoms with van der Waals surface area (Å²) in [7, 11) is 0. The molecule has 1 aromatic rings. The summed E-state index contributed by atoms with van der Waals surface area (Å²) in [5.41, 5.74) is 1.18. The number of hydrogen-bond donors (Lipinski definition) is 1. The monoisotopic (exact) mass is 265 g/mol. The van der Waals surface area contributed by atoms with E-state index in [0.717, 1.165) is 25.8 Å². The summed E-state index contributed by atoms with van der Waals surface area (Å²) in [5, 5.41) is 13.6. The molecule has 0 amide bonds. The van der Waals surface area contributed by atoms with Gasteiger partial charge in [-0.1, -0.05) is 6.92 Å². The first-order chi connectivity index (χ1) is 9.24. The van der Waals surface area contributed by atoms with Crippen LogP contribution in [0.3, 0.4) is 0 Å². The highest BCUT2D eigenvalue weighted by Crippen LogP contribution is 2.23. The van der Waals surface area contributed by atoms with E-state index < -0.39 is 0 Å². The third kappa shape index (κ3) is 3.80. The van der Waals surface area contributed by atoms with Crippen molar-refractivity contribution in [3.05, 3.63) is 18.0 Å². The van der Waals surface area contributed by atoms with Crippen molar-refractivity contribution in [1.82, 2.24) is 14.7 Å². The zero-order chi connectivity index (χ0) is 13.7. The molecular formula is C15H27N3O. The van der Waals surface area contributed by atoms with E-state index in [-0.39, 0.29) is 0 Å². The standard InChI is InChI=1S/C15H27N3O/c1-3-13(2)18-10-8-14(16-18)12-17-9-4-6-15(17)7-5-11-19/h8,10,13,15,19H,3-7,9,11-12H2,1-2H3. The Kier molecular flexibility index (Phi) is 5.40. The topological polar surface area (TPSA) is 41.3 Å². The van der Waals surface area contributed by atoms with Crippen LogP contribution in [0.15, 0.2) is 12.3 Å². The second-order valence-electron chi connectivity index (χ2n) is 5.68. The number of aliphatic hydroxyl groups excluding tert-OH is 1. The normalized spacial score (nSPS) is 21.9. The van der Waals surface area contributed by atoms with Crippen molar-refractivity contribution < 1.29 is 5.11 Å². The fraction of sp³-hybridized carbons (Fsp3) is 0.800. The van der Waals surface area contributed by atoms with E-state index in [1.54, 1.807) is 0 Å². The molecule has 0 aliphatic carbocycles. The highest BCUT2D eigenvalue weighted by molar-refractivity contribution is 5.01. The van der Waals surface area contributed by atoms with Crippen LogP contribution in [0.1, 0.15) is 57.7 Å². The summed E-state index contributed by atoms with van der Waals surface area (Å²) in [6.07, 6.45) is 7.80. The van der Waals surface area contributed by atoms with E-state index in [1.807, 2.05) is 0 Å². The van der Waals surface area contributed by atoms with E-state index in [4.69, 9.17) is 5.11 Å². The Hall–Kier alpha value is -0.870. The number of nitrogens with zero attached hydrogens (tertiary/aromatic N) is 3. The summed E-state index contributed by atoms with van der Waals surface area (Å²) in [5.74, 6) is 0. The fourth-order valence-corrected chi connectivity index (χ4v) is 2.86. The van der Waals surface area contributed by atoms with Crippen LogP contribution in [0.2, 0.25) is 0 Å². The first-order valence-corrected chi connectivity index (χ1v) is 7.63. The molecular weight excluding hydrogens is 238 g/mol. The summed E-state index contributed by atoms with van der Waals surface area (Å²) in [6.45, 7) is 6.84. The van der Waals surface area contributed by atoms with Crippen molar-refractivity contribution in [2.75, 3.05) is 13.2 Å². The van der Waals surface area contributed by atoms with Crippen LogP contribution in [0.5, 0.6) is 0 Å². The van der Waals surface area contributed by atoms with E-state index in [9.17, 15) is 0 Å². The predicted molar refractivity (Wildman–Crippen MR) is 77.0 cm³/mol. The van der Waals surface area contributed by atoms with Gasteiger partial charge in [0.2, 0.25) is 0 Å². The molecule has 2 unspecified atom stereocenters. The molecule has 1 aliphatic rings. The van der Waals surface area contributed by atoms with Gasteiger partial charge in [0.1, 0.15) is 0 Å². The Morgan fingerprint density at radius 3 is 3.11 bits per heavy atom. The Bertz CT molecular complexity index is 377.